The summed E-state index contributed by atoms with van der Waals surface area (Å²) in [6.45, 7) is 0.990. The monoisotopic (exact) mass is 1010 g/mol. The molecule has 0 saturated carbocycles. The fourth-order valence-corrected chi connectivity index (χ4v) is 7.68. The van der Waals surface area contributed by atoms with Crippen molar-refractivity contribution in [2.24, 2.45) is 0 Å². The number of halogens is 8. The number of carbonyl (C=O) groups excluding carboxylic acids is 2. The Morgan fingerprint density at radius 2 is 1.03 bits per heavy atom. The lowest BCUT2D eigenvalue weighted by Crippen LogP contribution is -2.32. The number of fused-ring (bicyclic) bond motifs is 4. The van der Waals surface area contributed by atoms with Crippen molar-refractivity contribution < 1.29 is 54.9 Å². The van der Waals surface area contributed by atoms with Crippen LogP contribution in [0.15, 0.2) is 122 Å². The highest BCUT2D eigenvalue weighted by Gasteiger charge is 2.33. The van der Waals surface area contributed by atoms with Gasteiger partial charge in [0.25, 0.3) is 11.8 Å². The lowest BCUT2D eigenvalue weighted by atomic mass is 10.2. The van der Waals surface area contributed by atoms with Crippen LogP contribution < -0.4 is 34.5 Å². The third kappa shape index (κ3) is 11.1. The summed E-state index contributed by atoms with van der Waals surface area (Å²) < 4.78 is 98.1. The molecule has 70 heavy (non-hydrogen) atoms. The Morgan fingerprint density at radius 3 is 1.50 bits per heavy atom. The third-order valence-corrected chi connectivity index (χ3v) is 10.5. The Balaban J connectivity index is 0.000000216. The van der Waals surface area contributed by atoms with Gasteiger partial charge in [0.2, 0.25) is 11.8 Å². The minimum Gasteiger partial charge on any atom is -0.475 e. The second-order valence-corrected chi connectivity index (χ2v) is 14.7. The Labute approximate surface area is 405 Å². The molecule has 2 aliphatic heterocycles. The SMILES string of the molecule is C.C.CCl.Nc1ncnc2c1C(=O)N(c1ccc3c(ccn3-c3cccc(OC(F)(F)F)c3)c1)CCO2.O=C1c2c(Cl)ncnc2OCCN1c1ccc2c(ccn2-c2cccc(OC(F)(F)F)c2)c1. The quantitative estimate of drug-likeness (QED) is 0.0957. The van der Waals surface area contributed by atoms with Crippen LogP contribution in [0.1, 0.15) is 35.6 Å². The molecule has 4 aromatic carbocycles. The van der Waals surface area contributed by atoms with Crippen LogP contribution in [0.5, 0.6) is 23.3 Å². The summed E-state index contributed by atoms with van der Waals surface area (Å²) in [6.07, 6.45) is -2.15. The maximum Gasteiger partial charge on any atom is 0.573 e. The number of hydrogen-bond acceptors (Lipinski definition) is 11. The van der Waals surface area contributed by atoms with E-state index < -0.39 is 12.7 Å². The van der Waals surface area contributed by atoms with Crippen LogP contribution in [0.3, 0.4) is 0 Å². The lowest BCUT2D eigenvalue weighted by molar-refractivity contribution is -0.275. The maximum atomic E-state index is 13.1. The van der Waals surface area contributed by atoms with Gasteiger partial charge in [-0.3, -0.25) is 9.59 Å². The van der Waals surface area contributed by atoms with Crippen molar-refractivity contribution in [3.8, 4) is 34.6 Å². The van der Waals surface area contributed by atoms with Gasteiger partial charge < -0.3 is 43.6 Å². The van der Waals surface area contributed by atoms with Gasteiger partial charge in [-0.05, 0) is 72.8 Å². The van der Waals surface area contributed by atoms with Crippen molar-refractivity contribution >= 4 is 74.0 Å². The van der Waals surface area contributed by atoms with E-state index in [0.29, 0.717) is 22.7 Å². The number of amides is 2. The molecule has 15 nitrogen and oxygen atoms in total. The van der Waals surface area contributed by atoms with Crippen molar-refractivity contribution in [2.75, 3.05) is 48.2 Å². The maximum absolute atomic E-state index is 13.1. The second kappa shape index (κ2) is 21.2. The normalized spacial score (nSPS) is 13.3. The number of ether oxygens (including phenoxy) is 4. The summed E-state index contributed by atoms with van der Waals surface area (Å²) >= 11 is 10.8. The van der Waals surface area contributed by atoms with Gasteiger partial charge in [-0.1, -0.05) is 38.6 Å². The first-order chi connectivity index (χ1) is 32.6. The molecule has 0 unspecified atom stereocenters. The van der Waals surface area contributed by atoms with Crippen molar-refractivity contribution in [1.82, 2.24) is 29.1 Å². The number of carbonyl (C=O) groups is 2. The van der Waals surface area contributed by atoms with E-state index in [2.05, 4.69) is 41.0 Å². The Hall–Kier alpha value is -7.78. The number of anilines is 3. The molecule has 0 saturated heterocycles. The molecule has 2 N–H and O–H groups in total. The molecule has 23 heteroatoms. The second-order valence-electron chi connectivity index (χ2n) is 14.3. The summed E-state index contributed by atoms with van der Waals surface area (Å²) in [7, 11) is 0. The first kappa shape index (κ1) is 51.6. The average Bonchev–Trinajstić information content (AvgIpc) is 3.83. The Kier molecular flexibility index (Phi) is 15.7. The summed E-state index contributed by atoms with van der Waals surface area (Å²) in [5, 5.41) is 1.57. The van der Waals surface area contributed by atoms with Crippen LogP contribution in [0, 0.1) is 0 Å². The van der Waals surface area contributed by atoms with E-state index in [9.17, 15) is 35.9 Å². The number of nitrogens with zero attached hydrogens (tertiary/aromatic N) is 8. The van der Waals surface area contributed by atoms with Crippen molar-refractivity contribution in [2.45, 2.75) is 27.6 Å². The average molecular weight is 1010 g/mol. The molecule has 6 heterocycles. The van der Waals surface area contributed by atoms with E-state index >= 15 is 0 Å². The number of benzene rings is 4. The van der Waals surface area contributed by atoms with Gasteiger partial charge in [0.15, 0.2) is 0 Å². The van der Waals surface area contributed by atoms with Crippen LogP contribution in [0.25, 0.3) is 33.2 Å². The smallest absolute Gasteiger partial charge is 0.475 e. The largest absolute Gasteiger partial charge is 0.573 e. The van der Waals surface area contributed by atoms with Crippen LogP contribution in [0.2, 0.25) is 5.15 Å². The topological polar surface area (TPSA) is 165 Å². The molecule has 8 aromatic rings. The number of aromatic nitrogens is 6. The van der Waals surface area contributed by atoms with Crippen LogP contribution in [0.4, 0.5) is 43.5 Å². The number of hydrogen-bond donors (Lipinski definition) is 1. The van der Waals surface area contributed by atoms with Gasteiger partial charge in [-0.25, -0.2) is 19.9 Å². The molecule has 0 fully saturated rings. The Morgan fingerprint density at radius 1 is 0.586 bits per heavy atom. The van der Waals surface area contributed by atoms with Gasteiger partial charge >= 0.3 is 12.7 Å². The molecule has 2 amide bonds. The molecule has 0 radical (unpaired) electrons. The molecule has 10 rings (SSSR count). The van der Waals surface area contributed by atoms with Crippen molar-refractivity contribution in [3.05, 3.63) is 138 Å². The van der Waals surface area contributed by atoms with E-state index in [0.717, 1.165) is 21.8 Å². The summed E-state index contributed by atoms with van der Waals surface area (Å²) in [4.78, 5) is 45.1. The molecule has 4 aromatic heterocycles. The van der Waals surface area contributed by atoms with E-state index in [1.807, 2.05) is 12.1 Å². The molecule has 2 aliphatic rings. The standard InChI is InChI=1S/C22H14ClF3N4O3.C22H16F3N5O3.CH3Cl.2CH4/c23-19-18-20(28-12-27-19)32-9-8-30(21(18)31)15-4-5-17-13(10-15)6-7-29(17)14-2-1-3-16(11-14)33-22(24,25)26;23-22(24,25)33-16-3-1-2-14(11-16)29-7-6-13-10-15(4-5-17(13)29)30-8-9-32-20-18(21(30)31)19(26)27-12-28-20;1-2;;/h1-7,10-12H,8-9H2;1-7,10-12H,8-9H2,(H2,26,27,28);1H3;2*1H4. The summed E-state index contributed by atoms with van der Waals surface area (Å²) in [5.74, 6) is -1.08. The number of nitrogen functional groups attached to an aromatic ring is 1. The highest BCUT2D eigenvalue weighted by molar-refractivity contribution is 6.33. The zero-order chi connectivity index (χ0) is 48.3. The number of alkyl halides is 7. The predicted molar refractivity (Wildman–Crippen MR) is 253 cm³/mol. The lowest BCUT2D eigenvalue weighted by Gasteiger charge is -2.20. The molecule has 366 valence electrons. The highest BCUT2D eigenvalue weighted by atomic mass is 35.5. The zero-order valence-corrected chi connectivity index (χ0v) is 36.5. The molecule has 0 bridgehead atoms. The van der Waals surface area contributed by atoms with E-state index in [-0.39, 0.29) is 98.3 Å². The summed E-state index contributed by atoms with van der Waals surface area (Å²) in [6, 6.07) is 25.7. The first-order valence-corrected chi connectivity index (χ1v) is 21.1. The zero-order valence-electron chi connectivity index (χ0n) is 35.0. The van der Waals surface area contributed by atoms with Crippen LogP contribution >= 0.6 is 23.2 Å². The van der Waals surface area contributed by atoms with E-state index in [1.54, 1.807) is 70.1 Å². The van der Waals surface area contributed by atoms with Crippen molar-refractivity contribution in [3.63, 3.8) is 0 Å². The fraction of sp³-hybridized carbons (Fsp3) is 0.191. The minimum atomic E-state index is -4.78. The van der Waals surface area contributed by atoms with Crippen LogP contribution in [-0.2, 0) is 0 Å². The molecular formula is C47H41Cl2F6N9O6. The fourth-order valence-electron chi connectivity index (χ4n) is 7.47. The highest BCUT2D eigenvalue weighted by Crippen LogP contribution is 2.34. The van der Waals surface area contributed by atoms with E-state index in [1.165, 1.54) is 65.2 Å². The van der Waals surface area contributed by atoms with Gasteiger partial charge in [-0.15, -0.1) is 37.9 Å². The first-order valence-electron chi connectivity index (χ1n) is 19.9. The molecule has 0 atom stereocenters. The number of nitrogens with two attached hydrogens (primary N) is 1. The van der Waals surface area contributed by atoms with Gasteiger partial charge in [-0.2, -0.15) is 0 Å². The third-order valence-electron chi connectivity index (χ3n) is 10.3. The predicted octanol–water partition coefficient (Wildman–Crippen LogP) is 11.1. The van der Waals surface area contributed by atoms with Crippen molar-refractivity contribution in [1.29, 1.82) is 0 Å². The van der Waals surface area contributed by atoms with Gasteiger partial charge in [0, 0.05) is 64.4 Å². The van der Waals surface area contributed by atoms with Crippen LogP contribution in [-0.4, -0.2) is 86.3 Å². The van der Waals surface area contributed by atoms with Gasteiger partial charge in [0.05, 0.1) is 24.1 Å². The number of rotatable bonds is 6. The molecule has 0 spiro atoms. The minimum absolute atomic E-state index is 0. The Bertz CT molecular complexity index is 2960. The van der Waals surface area contributed by atoms with E-state index in [4.69, 9.17) is 26.8 Å². The molecule has 0 aliphatic carbocycles. The summed E-state index contributed by atoms with van der Waals surface area (Å²) in [5.41, 5.74) is 9.78. The van der Waals surface area contributed by atoms with Gasteiger partial charge in [0.1, 0.15) is 59.5 Å². The molecular weight excluding hydrogens is 971 g/mol.